The molecule has 3 heteroatoms. The van der Waals surface area contributed by atoms with Crippen molar-refractivity contribution in [3.05, 3.63) is 29.3 Å². The summed E-state index contributed by atoms with van der Waals surface area (Å²) in [6, 6.07) is 6.07. The van der Waals surface area contributed by atoms with Crippen molar-refractivity contribution in [2.75, 3.05) is 19.7 Å². The molecule has 1 unspecified atom stereocenters. The summed E-state index contributed by atoms with van der Waals surface area (Å²) < 4.78 is 5.71. The van der Waals surface area contributed by atoms with E-state index in [-0.39, 0.29) is 0 Å². The first-order valence-electron chi connectivity index (χ1n) is 6.74. The predicted molar refractivity (Wildman–Crippen MR) is 73.0 cm³/mol. The molecule has 1 aliphatic rings. The van der Waals surface area contributed by atoms with E-state index in [2.05, 4.69) is 5.32 Å². The molecule has 18 heavy (non-hydrogen) atoms. The molecule has 2 N–H and O–H groups in total. The van der Waals surface area contributed by atoms with Gasteiger partial charge in [-0.3, -0.25) is 0 Å². The summed E-state index contributed by atoms with van der Waals surface area (Å²) in [5.74, 6) is 1.75. The van der Waals surface area contributed by atoms with Crippen molar-refractivity contribution in [1.29, 1.82) is 0 Å². The van der Waals surface area contributed by atoms with Crippen LogP contribution in [0, 0.1) is 19.8 Å². The molecule has 0 spiro atoms. The van der Waals surface area contributed by atoms with E-state index < -0.39 is 6.10 Å². The number of nitrogens with one attached hydrogen (secondary N) is 1. The van der Waals surface area contributed by atoms with Gasteiger partial charge in [-0.05, 0) is 50.3 Å². The smallest absolute Gasteiger partial charge is 0.125 e. The molecular formula is C15H23NO2. The molecular weight excluding hydrogens is 226 g/mol. The van der Waals surface area contributed by atoms with Crippen LogP contribution in [0.4, 0.5) is 0 Å². The molecule has 1 aliphatic carbocycles. The molecule has 3 nitrogen and oxygen atoms in total. The topological polar surface area (TPSA) is 41.5 Å². The highest BCUT2D eigenvalue weighted by molar-refractivity contribution is 5.39. The maximum absolute atomic E-state index is 9.84. The van der Waals surface area contributed by atoms with Crippen LogP contribution in [0.25, 0.3) is 0 Å². The predicted octanol–water partition coefficient (Wildman–Crippen LogP) is 2.04. The normalized spacial score (nSPS) is 16.6. The minimum Gasteiger partial charge on any atom is -0.490 e. The number of aliphatic hydroxyl groups is 1. The lowest BCUT2D eigenvalue weighted by atomic mass is 10.1. The number of aliphatic hydroxyl groups excluding tert-OH is 1. The first-order valence-corrected chi connectivity index (χ1v) is 6.74. The average Bonchev–Trinajstić information content (AvgIpc) is 3.12. The average molecular weight is 249 g/mol. The lowest BCUT2D eigenvalue weighted by molar-refractivity contribution is 0.105. The van der Waals surface area contributed by atoms with Crippen LogP contribution in [0.2, 0.25) is 0 Å². The van der Waals surface area contributed by atoms with Crippen LogP contribution in [0.15, 0.2) is 18.2 Å². The Hall–Kier alpha value is -1.06. The molecule has 1 aromatic carbocycles. The molecule has 0 aromatic heterocycles. The molecule has 0 radical (unpaired) electrons. The van der Waals surface area contributed by atoms with Gasteiger partial charge in [-0.25, -0.2) is 0 Å². The van der Waals surface area contributed by atoms with Gasteiger partial charge in [-0.1, -0.05) is 18.2 Å². The monoisotopic (exact) mass is 249 g/mol. The summed E-state index contributed by atoms with van der Waals surface area (Å²) in [4.78, 5) is 0. The first kappa shape index (κ1) is 13.4. The van der Waals surface area contributed by atoms with Crippen molar-refractivity contribution >= 4 is 0 Å². The first-order chi connectivity index (χ1) is 8.66. The Balaban J connectivity index is 1.72. The number of para-hydroxylation sites is 1. The molecule has 2 rings (SSSR count). The Labute approximate surface area is 109 Å². The third-order valence-electron chi connectivity index (χ3n) is 3.34. The van der Waals surface area contributed by atoms with Crippen LogP contribution in [0.5, 0.6) is 5.75 Å². The molecule has 0 aliphatic heterocycles. The van der Waals surface area contributed by atoms with Crippen molar-refractivity contribution in [2.24, 2.45) is 5.92 Å². The van der Waals surface area contributed by atoms with Gasteiger partial charge in [0.1, 0.15) is 18.5 Å². The van der Waals surface area contributed by atoms with Crippen LogP contribution in [0.3, 0.4) is 0 Å². The number of aryl methyl sites for hydroxylation is 2. The summed E-state index contributed by atoms with van der Waals surface area (Å²) in [6.45, 7) is 6.05. The van der Waals surface area contributed by atoms with Gasteiger partial charge in [0.2, 0.25) is 0 Å². The van der Waals surface area contributed by atoms with Gasteiger partial charge < -0.3 is 15.2 Å². The van der Waals surface area contributed by atoms with E-state index in [9.17, 15) is 5.11 Å². The van der Waals surface area contributed by atoms with E-state index in [0.29, 0.717) is 13.2 Å². The third kappa shape index (κ3) is 4.00. The number of rotatable bonds is 7. The standard InChI is InChI=1S/C15H23NO2/c1-11-4-3-5-12(2)15(11)18-10-14(17)9-16-8-13-6-7-13/h3-5,13-14,16-17H,6-10H2,1-2H3. The molecule has 100 valence electrons. The Kier molecular flexibility index (Phi) is 4.61. The van der Waals surface area contributed by atoms with Crippen molar-refractivity contribution in [2.45, 2.75) is 32.8 Å². The van der Waals surface area contributed by atoms with Crippen molar-refractivity contribution in [3.63, 3.8) is 0 Å². The number of benzene rings is 1. The van der Waals surface area contributed by atoms with Gasteiger partial charge in [0.15, 0.2) is 0 Å². The SMILES string of the molecule is Cc1cccc(C)c1OCC(O)CNCC1CC1. The fraction of sp³-hybridized carbons (Fsp3) is 0.600. The molecule has 0 amide bonds. The van der Waals surface area contributed by atoms with Crippen LogP contribution in [-0.2, 0) is 0 Å². The van der Waals surface area contributed by atoms with E-state index in [1.165, 1.54) is 12.8 Å². The molecule has 0 heterocycles. The summed E-state index contributed by atoms with van der Waals surface area (Å²) >= 11 is 0. The Morgan fingerprint density at radius 1 is 1.33 bits per heavy atom. The van der Waals surface area contributed by atoms with Crippen molar-refractivity contribution < 1.29 is 9.84 Å². The van der Waals surface area contributed by atoms with Crippen LogP contribution < -0.4 is 10.1 Å². The molecule has 0 bridgehead atoms. The zero-order valence-electron chi connectivity index (χ0n) is 11.3. The van der Waals surface area contributed by atoms with Gasteiger partial charge in [-0.2, -0.15) is 0 Å². The Morgan fingerprint density at radius 2 is 2.00 bits per heavy atom. The van der Waals surface area contributed by atoms with Gasteiger partial charge >= 0.3 is 0 Å². The number of hydrogen-bond acceptors (Lipinski definition) is 3. The Bertz CT molecular complexity index is 368. The summed E-state index contributed by atoms with van der Waals surface area (Å²) in [5.41, 5.74) is 2.24. The lowest BCUT2D eigenvalue weighted by Gasteiger charge is -2.16. The molecule has 1 aromatic rings. The van der Waals surface area contributed by atoms with E-state index in [0.717, 1.165) is 29.3 Å². The Morgan fingerprint density at radius 3 is 2.61 bits per heavy atom. The second-order valence-electron chi connectivity index (χ2n) is 5.29. The molecule has 1 saturated carbocycles. The number of ether oxygens (including phenoxy) is 1. The fourth-order valence-corrected chi connectivity index (χ4v) is 2.04. The van der Waals surface area contributed by atoms with Gasteiger partial charge in [0.05, 0.1) is 0 Å². The largest absolute Gasteiger partial charge is 0.490 e. The quantitative estimate of drug-likeness (QED) is 0.777. The summed E-state index contributed by atoms with van der Waals surface area (Å²) in [7, 11) is 0. The minimum absolute atomic E-state index is 0.351. The van der Waals surface area contributed by atoms with Crippen molar-refractivity contribution in [3.8, 4) is 5.75 Å². The minimum atomic E-state index is -0.442. The molecule has 0 saturated heterocycles. The van der Waals surface area contributed by atoms with Gasteiger partial charge in [0, 0.05) is 6.54 Å². The highest BCUT2D eigenvalue weighted by Crippen LogP contribution is 2.27. The summed E-state index contributed by atoms with van der Waals surface area (Å²) in [6.07, 6.45) is 2.23. The van der Waals surface area contributed by atoms with Crippen LogP contribution in [0.1, 0.15) is 24.0 Å². The summed E-state index contributed by atoms with van der Waals surface area (Å²) in [5, 5.41) is 13.1. The second-order valence-corrected chi connectivity index (χ2v) is 5.29. The van der Waals surface area contributed by atoms with E-state index in [4.69, 9.17) is 4.74 Å². The zero-order chi connectivity index (χ0) is 13.0. The zero-order valence-corrected chi connectivity index (χ0v) is 11.3. The maximum atomic E-state index is 9.84. The van der Waals surface area contributed by atoms with Crippen LogP contribution >= 0.6 is 0 Å². The van der Waals surface area contributed by atoms with E-state index >= 15 is 0 Å². The van der Waals surface area contributed by atoms with Crippen molar-refractivity contribution in [1.82, 2.24) is 5.32 Å². The third-order valence-corrected chi connectivity index (χ3v) is 3.34. The highest BCUT2D eigenvalue weighted by Gasteiger charge is 2.20. The van der Waals surface area contributed by atoms with E-state index in [1.54, 1.807) is 0 Å². The van der Waals surface area contributed by atoms with E-state index in [1.807, 2.05) is 32.0 Å². The number of hydrogen-bond donors (Lipinski definition) is 2. The van der Waals surface area contributed by atoms with Gasteiger partial charge in [0.25, 0.3) is 0 Å². The maximum Gasteiger partial charge on any atom is 0.125 e. The fourth-order valence-electron chi connectivity index (χ4n) is 2.04. The highest BCUT2D eigenvalue weighted by atomic mass is 16.5. The molecule has 1 atom stereocenters. The van der Waals surface area contributed by atoms with Crippen LogP contribution in [-0.4, -0.2) is 30.9 Å². The lowest BCUT2D eigenvalue weighted by Crippen LogP contribution is -2.32. The van der Waals surface area contributed by atoms with Gasteiger partial charge in [-0.15, -0.1) is 0 Å². The second kappa shape index (κ2) is 6.21. The molecule has 1 fully saturated rings.